The molecule has 3 nitrogen and oxygen atoms in total. The molecule has 1 saturated carbocycles. The Morgan fingerprint density at radius 1 is 1.44 bits per heavy atom. The summed E-state index contributed by atoms with van der Waals surface area (Å²) in [7, 11) is 1.41. The van der Waals surface area contributed by atoms with Crippen LogP contribution in [0.3, 0.4) is 0 Å². The van der Waals surface area contributed by atoms with Gasteiger partial charge in [0.1, 0.15) is 0 Å². The van der Waals surface area contributed by atoms with E-state index in [1.165, 1.54) is 20.0 Å². The highest BCUT2D eigenvalue weighted by Gasteiger charge is 2.28. The first kappa shape index (κ1) is 13.2. The van der Waals surface area contributed by atoms with Crippen LogP contribution in [0, 0.1) is 11.8 Å². The van der Waals surface area contributed by atoms with Crippen LogP contribution in [0.25, 0.3) is 0 Å². The predicted octanol–water partition coefficient (Wildman–Crippen LogP) is 2.13. The second kappa shape index (κ2) is 6.04. The number of carbonyl (C=O) groups excluding carboxylic acids is 1. The molecule has 1 aliphatic carbocycles. The minimum atomic E-state index is -0.241. The van der Waals surface area contributed by atoms with Crippen molar-refractivity contribution in [2.45, 2.75) is 39.7 Å². The van der Waals surface area contributed by atoms with Gasteiger partial charge in [-0.2, -0.15) is 0 Å². The third-order valence-electron chi connectivity index (χ3n) is 3.76. The molecule has 1 rings (SSSR count). The van der Waals surface area contributed by atoms with E-state index in [9.17, 15) is 4.79 Å². The highest BCUT2D eigenvalue weighted by Crippen LogP contribution is 2.30. The van der Waals surface area contributed by atoms with E-state index in [-0.39, 0.29) is 5.97 Å². The van der Waals surface area contributed by atoms with Crippen LogP contribution in [0.5, 0.6) is 0 Å². The summed E-state index contributed by atoms with van der Waals surface area (Å²) in [6, 6.07) is 0.594. The average molecular weight is 225 g/mol. The Hall–Kier alpha value is -0.830. The van der Waals surface area contributed by atoms with Crippen molar-refractivity contribution in [3.05, 3.63) is 11.6 Å². The largest absolute Gasteiger partial charge is 0.466 e. The second-order valence-electron chi connectivity index (χ2n) is 4.81. The third kappa shape index (κ3) is 3.34. The molecule has 0 radical (unpaired) electrons. The van der Waals surface area contributed by atoms with Gasteiger partial charge in [-0.15, -0.1) is 0 Å². The van der Waals surface area contributed by atoms with Crippen molar-refractivity contribution in [1.29, 1.82) is 0 Å². The van der Waals surface area contributed by atoms with Crippen LogP contribution in [-0.2, 0) is 9.53 Å². The highest BCUT2D eigenvalue weighted by molar-refractivity contribution is 5.87. The van der Waals surface area contributed by atoms with Gasteiger partial charge in [0.05, 0.1) is 7.11 Å². The molecule has 3 unspecified atom stereocenters. The van der Waals surface area contributed by atoms with Gasteiger partial charge in [-0.05, 0) is 31.6 Å². The number of esters is 1. The summed E-state index contributed by atoms with van der Waals surface area (Å²) in [6.07, 6.45) is 4.45. The van der Waals surface area contributed by atoms with Gasteiger partial charge in [-0.1, -0.05) is 19.9 Å². The lowest BCUT2D eigenvalue weighted by Gasteiger charge is -2.18. The molecule has 3 heteroatoms. The van der Waals surface area contributed by atoms with E-state index in [4.69, 9.17) is 0 Å². The van der Waals surface area contributed by atoms with E-state index in [1.54, 1.807) is 6.92 Å². The number of ether oxygens (including phenoxy) is 1. The fourth-order valence-electron chi connectivity index (χ4n) is 2.26. The minimum Gasteiger partial charge on any atom is -0.466 e. The van der Waals surface area contributed by atoms with Gasteiger partial charge in [0.15, 0.2) is 0 Å². The van der Waals surface area contributed by atoms with Crippen molar-refractivity contribution in [3.63, 3.8) is 0 Å². The van der Waals surface area contributed by atoms with E-state index in [0.717, 1.165) is 18.4 Å². The summed E-state index contributed by atoms with van der Waals surface area (Å²) in [5.41, 5.74) is 0.675. The minimum absolute atomic E-state index is 0.241. The molecular weight excluding hydrogens is 202 g/mol. The molecule has 0 aromatic rings. The summed E-state index contributed by atoms with van der Waals surface area (Å²) in [4.78, 5) is 11.1. The molecule has 1 N–H and O–H groups in total. The van der Waals surface area contributed by atoms with E-state index in [2.05, 4.69) is 23.9 Å². The molecule has 1 fully saturated rings. The molecule has 3 atom stereocenters. The normalized spacial score (nSPS) is 30.5. The molecule has 0 aromatic carbocycles. The van der Waals surface area contributed by atoms with Crippen molar-refractivity contribution >= 4 is 5.97 Å². The zero-order valence-electron chi connectivity index (χ0n) is 10.7. The summed E-state index contributed by atoms with van der Waals surface area (Å²) in [5.74, 6) is 1.30. The molecule has 92 valence electrons. The average Bonchev–Trinajstić information content (AvgIpc) is 2.59. The zero-order valence-corrected chi connectivity index (χ0v) is 10.7. The van der Waals surface area contributed by atoms with Crippen molar-refractivity contribution in [1.82, 2.24) is 5.32 Å². The Kier molecular flexibility index (Phi) is 5.00. The van der Waals surface area contributed by atoms with E-state index < -0.39 is 0 Å². The fraction of sp³-hybridized carbons (Fsp3) is 0.769. The molecule has 0 saturated heterocycles. The smallest absolute Gasteiger partial charge is 0.333 e. The lowest BCUT2D eigenvalue weighted by Crippen LogP contribution is -2.32. The maximum atomic E-state index is 11.1. The zero-order chi connectivity index (χ0) is 12.1. The molecule has 0 aromatic heterocycles. The Morgan fingerprint density at radius 2 is 2.12 bits per heavy atom. The molecule has 16 heavy (non-hydrogen) atoms. The molecule has 0 heterocycles. The van der Waals surface area contributed by atoms with E-state index in [1.807, 2.05) is 6.08 Å². The first-order valence-electron chi connectivity index (χ1n) is 6.04. The van der Waals surface area contributed by atoms with Gasteiger partial charge >= 0.3 is 5.97 Å². The standard InChI is InChI=1S/C13H23NO2/c1-9-5-6-12(11(9)3)14-8-7-10(2)13(15)16-4/h7,9,11-12,14H,5-6,8H2,1-4H3. The van der Waals surface area contributed by atoms with Crippen LogP contribution >= 0.6 is 0 Å². The van der Waals surface area contributed by atoms with Gasteiger partial charge < -0.3 is 10.1 Å². The molecule has 0 aliphatic heterocycles. The third-order valence-corrected chi connectivity index (χ3v) is 3.76. The van der Waals surface area contributed by atoms with E-state index >= 15 is 0 Å². The topological polar surface area (TPSA) is 38.3 Å². The van der Waals surface area contributed by atoms with Crippen LogP contribution in [0.15, 0.2) is 11.6 Å². The molecule has 0 amide bonds. The van der Waals surface area contributed by atoms with Crippen LogP contribution in [0.1, 0.15) is 33.6 Å². The summed E-state index contributed by atoms with van der Waals surface area (Å²) in [5, 5.41) is 3.49. The molecular formula is C13H23NO2. The Bertz CT molecular complexity index is 273. The monoisotopic (exact) mass is 225 g/mol. The lowest BCUT2D eigenvalue weighted by atomic mass is 9.98. The van der Waals surface area contributed by atoms with Gasteiger partial charge in [0, 0.05) is 18.2 Å². The number of hydrogen-bond donors (Lipinski definition) is 1. The second-order valence-corrected chi connectivity index (χ2v) is 4.81. The summed E-state index contributed by atoms with van der Waals surface area (Å²) >= 11 is 0. The number of methoxy groups -OCH3 is 1. The van der Waals surface area contributed by atoms with Crippen LogP contribution in [0.4, 0.5) is 0 Å². The van der Waals surface area contributed by atoms with Gasteiger partial charge in [-0.25, -0.2) is 4.79 Å². The quantitative estimate of drug-likeness (QED) is 0.588. The molecule has 0 spiro atoms. The first-order chi connectivity index (χ1) is 7.56. The van der Waals surface area contributed by atoms with Gasteiger partial charge in [0.2, 0.25) is 0 Å². The summed E-state index contributed by atoms with van der Waals surface area (Å²) < 4.78 is 4.64. The van der Waals surface area contributed by atoms with Crippen LogP contribution in [-0.4, -0.2) is 25.7 Å². The maximum Gasteiger partial charge on any atom is 0.333 e. The fourth-order valence-corrected chi connectivity index (χ4v) is 2.26. The summed E-state index contributed by atoms with van der Waals surface area (Å²) in [6.45, 7) is 7.14. The number of hydrogen-bond acceptors (Lipinski definition) is 3. The van der Waals surface area contributed by atoms with Gasteiger partial charge in [-0.3, -0.25) is 0 Å². The molecule has 1 aliphatic rings. The van der Waals surface area contributed by atoms with E-state index in [0.29, 0.717) is 11.6 Å². The van der Waals surface area contributed by atoms with Crippen LogP contribution < -0.4 is 5.32 Å². The Morgan fingerprint density at radius 3 is 2.62 bits per heavy atom. The Labute approximate surface area is 98.2 Å². The predicted molar refractivity (Wildman–Crippen MR) is 65.1 cm³/mol. The number of nitrogens with one attached hydrogen (secondary N) is 1. The van der Waals surface area contributed by atoms with Crippen molar-refractivity contribution in [2.75, 3.05) is 13.7 Å². The number of rotatable bonds is 4. The maximum absolute atomic E-state index is 11.1. The SMILES string of the molecule is COC(=O)C(C)=CCNC1CCC(C)C1C. The lowest BCUT2D eigenvalue weighted by molar-refractivity contribution is -0.136. The van der Waals surface area contributed by atoms with Crippen molar-refractivity contribution < 1.29 is 9.53 Å². The number of carbonyl (C=O) groups is 1. The highest BCUT2D eigenvalue weighted by atomic mass is 16.5. The van der Waals surface area contributed by atoms with Crippen molar-refractivity contribution in [3.8, 4) is 0 Å². The van der Waals surface area contributed by atoms with Crippen molar-refractivity contribution in [2.24, 2.45) is 11.8 Å². The first-order valence-corrected chi connectivity index (χ1v) is 6.04. The molecule has 0 bridgehead atoms. The Balaban J connectivity index is 2.33. The van der Waals surface area contributed by atoms with Crippen LogP contribution in [0.2, 0.25) is 0 Å². The van der Waals surface area contributed by atoms with Gasteiger partial charge in [0.25, 0.3) is 0 Å².